The molecule has 0 spiro atoms. The van der Waals surface area contributed by atoms with Crippen LogP contribution < -0.4 is 14.8 Å². The second-order valence-corrected chi connectivity index (χ2v) is 21.6. The van der Waals surface area contributed by atoms with Crippen LogP contribution in [0.4, 0.5) is 0 Å². The van der Waals surface area contributed by atoms with Crippen molar-refractivity contribution < 1.29 is 43.7 Å². The van der Waals surface area contributed by atoms with Crippen LogP contribution in [-0.4, -0.2) is 56.9 Å². The first-order chi connectivity index (χ1) is 33.9. The normalized spacial score (nSPS) is 15.1. The highest BCUT2D eigenvalue weighted by molar-refractivity contribution is 6.32. The molecule has 3 amide bonds. The summed E-state index contributed by atoms with van der Waals surface area (Å²) in [6, 6.07) is 33.7. The standard InChI is InChI=1S/C61H62N2O9/c1-35-51-48(71-41-25-21-39(22-26-41)59(3,4)5)34-45(54(64)62-46(57(67)68)31-37-17-13-11-14-18-37)53(35)61(9,10)30-29-43-50-36(2)55(65)63(47(58(69)70)32-38-19-15-12-16-20-38)56(66)44(50)33-49(52(43)51)72-42-27-23-40(24-28-42)60(6,7)8/h11-28,33-34,46-47H,2,29-32H2,1,3-10H3,(H,62,64)(H,67,68)(H,69,70). The molecule has 6 aromatic carbocycles. The largest absolute Gasteiger partial charge is 0.480 e. The van der Waals surface area contributed by atoms with E-state index >= 15 is 4.79 Å². The molecule has 2 aliphatic rings. The molecule has 370 valence electrons. The third-order valence-corrected chi connectivity index (χ3v) is 14.0. The molecule has 11 heteroatoms. The van der Waals surface area contributed by atoms with Crippen molar-refractivity contribution in [1.82, 2.24) is 10.2 Å². The number of carboxylic acids is 2. The van der Waals surface area contributed by atoms with Gasteiger partial charge in [0, 0.05) is 40.7 Å². The van der Waals surface area contributed by atoms with Gasteiger partial charge >= 0.3 is 11.9 Å². The summed E-state index contributed by atoms with van der Waals surface area (Å²) >= 11 is 0. The van der Waals surface area contributed by atoms with E-state index in [1.54, 1.807) is 42.5 Å². The maximum Gasteiger partial charge on any atom is 0.327 e. The fraction of sp³-hybridized carbons (Fsp3) is 0.295. The van der Waals surface area contributed by atoms with Crippen molar-refractivity contribution in [2.24, 2.45) is 0 Å². The van der Waals surface area contributed by atoms with Crippen LogP contribution in [0.5, 0.6) is 23.0 Å². The summed E-state index contributed by atoms with van der Waals surface area (Å²) in [4.78, 5) is 71.4. The number of ether oxygens (including phenoxy) is 2. The monoisotopic (exact) mass is 966 g/mol. The lowest BCUT2D eigenvalue weighted by atomic mass is 9.69. The molecule has 72 heavy (non-hydrogen) atoms. The van der Waals surface area contributed by atoms with E-state index in [1.807, 2.05) is 99.6 Å². The molecule has 1 aliphatic carbocycles. The molecule has 0 fully saturated rings. The zero-order chi connectivity index (χ0) is 52.0. The average Bonchev–Trinajstić information content (AvgIpc) is 3.32. The first-order valence-corrected chi connectivity index (χ1v) is 24.3. The molecule has 8 rings (SSSR count). The number of hydrogen-bond donors (Lipinski definition) is 3. The Kier molecular flexibility index (Phi) is 13.7. The van der Waals surface area contributed by atoms with Gasteiger partial charge in [-0.1, -0.05) is 147 Å². The van der Waals surface area contributed by atoms with Gasteiger partial charge in [-0.2, -0.15) is 0 Å². The van der Waals surface area contributed by atoms with Crippen molar-refractivity contribution in [3.05, 3.63) is 184 Å². The lowest BCUT2D eigenvalue weighted by Crippen LogP contribution is -2.52. The molecule has 0 aromatic heterocycles. The minimum atomic E-state index is -1.55. The van der Waals surface area contributed by atoms with Crippen LogP contribution >= 0.6 is 0 Å². The van der Waals surface area contributed by atoms with Crippen molar-refractivity contribution in [2.45, 2.75) is 116 Å². The van der Waals surface area contributed by atoms with Crippen LogP contribution in [0.1, 0.15) is 127 Å². The van der Waals surface area contributed by atoms with Crippen molar-refractivity contribution in [3.63, 3.8) is 0 Å². The van der Waals surface area contributed by atoms with E-state index in [9.17, 15) is 29.4 Å². The van der Waals surface area contributed by atoms with Gasteiger partial charge in [-0.05, 0) is 111 Å². The summed E-state index contributed by atoms with van der Waals surface area (Å²) in [5, 5.41) is 23.9. The summed E-state index contributed by atoms with van der Waals surface area (Å²) < 4.78 is 13.8. The van der Waals surface area contributed by atoms with E-state index < -0.39 is 47.2 Å². The number of nitrogens with zero attached hydrogens (tertiary/aromatic N) is 1. The molecular weight excluding hydrogens is 905 g/mol. The van der Waals surface area contributed by atoms with Crippen LogP contribution in [0.2, 0.25) is 0 Å². The highest BCUT2D eigenvalue weighted by Gasteiger charge is 2.45. The number of carboxylic acid groups (broad SMARTS) is 2. The van der Waals surface area contributed by atoms with E-state index in [4.69, 9.17) is 9.47 Å². The number of carbonyl (C=O) groups excluding carboxylic acids is 3. The average molecular weight is 967 g/mol. The van der Waals surface area contributed by atoms with Crippen molar-refractivity contribution >= 4 is 35.2 Å². The summed E-state index contributed by atoms with van der Waals surface area (Å²) in [6.45, 7) is 22.8. The minimum Gasteiger partial charge on any atom is -0.480 e. The molecule has 0 saturated heterocycles. The molecule has 2 bridgehead atoms. The Morgan fingerprint density at radius 1 is 0.681 bits per heavy atom. The highest BCUT2D eigenvalue weighted by atomic mass is 16.5. The quantitative estimate of drug-likeness (QED) is 0.0756. The smallest absolute Gasteiger partial charge is 0.327 e. The number of carbonyl (C=O) groups is 5. The lowest BCUT2D eigenvalue weighted by Gasteiger charge is -2.38. The Balaban J connectivity index is 1.39. The Morgan fingerprint density at radius 2 is 1.18 bits per heavy atom. The van der Waals surface area contributed by atoms with Gasteiger partial charge in [0.1, 0.15) is 35.1 Å². The van der Waals surface area contributed by atoms with Crippen LogP contribution in [0.25, 0.3) is 16.7 Å². The van der Waals surface area contributed by atoms with Crippen LogP contribution in [0.3, 0.4) is 0 Å². The number of amides is 3. The van der Waals surface area contributed by atoms with Gasteiger partial charge in [0.05, 0.1) is 5.56 Å². The zero-order valence-electron chi connectivity index (χ0n) is 42.4. The maximum absolute atomic E-state index is 15.1. The summed E-state index contributed by atoms with van der Waals surface area (Å²) in [6.07, 6.45) is 0.543. The Morgan fingerprint density at radius 3 is 1.67 bits per heavy atom. The Bertz CT molecular complexity index is 3120. The topological polar surface area (TPSA) is 160 Å². The van der Waals surface area contributed by atoms with Gasteiger partial charge in [0.15, 0.2) is 0 Å². The van der Waals surface area contributed by atoms with Crippen molar-refractivity contribution in [3.8, 4) is 34.1 Å². The molecule has 3 N–H and O–H groups in total. The fourth-order valence-corrected chi connectivity index (χ4v) is 10.1. The molecule has 2 atom stereocenters. The SMILES string of the molecule is C=C1C(=O)N(C(Cc2ccccc2)C(=O)O)C(=O)c2cc(Oc3ccc(C(C)(C)C)cc3)c3c(c21)CCC(C)(C)c1c(C(=O)NC(Cc2ccccc2)C(=O)O)cc(Oc2ccc(C(C)(C)C)cc2)c-3c1C. The minimum absolute atomic E-state index is 0.0492. The first-order valence-electron chi connectivity index (χ1n) is 24.3. The number of imide groups is 1. The zero-order valence-corrected chi connectivity index (χ0v) is 42.4. The van der Waals surface area contributed by atoms with E-state index in [-0.39, 0.29) is 63.9 Å². The predicted molar refractivity (Wildman–Crippen MR) is 279 cm³/mol. The van der Waals surface area contributed by atoms with Gasteiger partial charge in [-0.25, -0.2) is 9.59 Å². The van der Waals surface area contributed by atoms with E-state index in [1.165, 1.54) is 0 Å². The maximum atomic E-state index is 15.1. The van der Waals surface area contributed by atoms with Crippen LogP contribution in [0.15, 0.2) is 128 Å². The molecule has 1 heterocycles. The predicted octanol–water partition coefficient (Wildman–Crippen LogP) is 12.2. The molecule has 0 saturated carbocycles. The van der Waals surface area contributed by atoms with Crippen molar-refractivity contribution in [2.75, 3.05) is 0 Å². The lowest BCUT2D eigenvalue weighted by molar-refractivity contribution is -0.146. The Hall–Kier alpha value is -7.79. The summed E-state index contributed by atoms with van der Waals surface area (Å²) in [5.74, 6) is -3.39. The number of hydrogen-bond acceptors (Lipinski definition) is 7. The second-order valence-electron chi connectivity index (χ2n) is 21.6. The molecule has 2 unspecified atom stereocenters. The Labute approximate surface area is 421 Å². The first kappa shape index (κ1) is 50.6. The number of benzene rings is 6. The number of aliphatic carboxylic acids is 2. The highest BCUT2D eigenvalue weighted by Crippen LogP contribution is 2.54. The number of nitrogens with one attached hydrogen (secondary N) is 1. The molecule has 1 aliphatic heterocycles. The number of rotatable bonds is 13. The summed E-state index contributed by atoms with van der Waals surface area (Å²) in [5.41, 5.74) is 5.77. The van der Waals surface area contributed by atoms with Crippen molar-refractivity contribution in [1.29, 1.82) is 0 Å². The molecular formula is C61H62N2O9. The van der Waals surface area contributed by atoms with E-state index in [0.29, 0.717) is 51.3 Å². The molecule has 6 aromatic rings. The molecule has 0 radical (unpaired) electrons. The second kappa shape index (κ2) is 19.4. The molecule has 11 nitrogen and oxygen atoms in total. The fourth-order valence-electron chi connectivity index (χ4n) is 10.1. The van der Waals surface area contributed by atoms with E-state index in [2.05, 4.69) is 53.4 Å². The third kappa shape index (κ3) is 10.1. The summed E-state index contributed by atoms with van der Waals surface area (Å²) in [7, 11) is 0. The van der Waals surface area contributed by atoms with Gasteiger partial charge in [-0.15, -0.1) is 0 Å². The van der Waals surface area contributed by atoms with Crippen LogP contribution in [0, 0.1) is 6.92 Å². The van der Waals surface area contributed by atoms with Gasteiger partial charge in [0.2, 0.25) is 0 Å². The van der Waals surface area contributed by atoms with E-state index in [0.717, 1.165) is 21.6 Å². The number of fused-ring (bicyclic) bond motifs is 6. The van der Waals surface area contributed by atoms with Gasteiger partial charge in [-0.3, -0.25) is 19.3 Å². The van der Waals surface area contributed by atoms with Gasteiger partial charge in [0.25, 0.3) is 17.7 Å². The third-order valence-electron chi connectivity index (χ3n) is 14.0. The van der Waals surface area contributed by atoms with Gasteiger partial charge < -0.3 is 25.0 Å². The van der Waals surface area contributed by atoms with Crippen LogP contribution in [-0.2, 0) is 49.9 Å².